The van der Waals surface area contributed by atoms with E-state index in [1.807, 2.05) is 30.8 Å². The molecule has 0 radical (unpaired) electrons. The van der Waals surface area contributed by atoms with Crippen LogP contribution in [-0.4, -0.2) is 33.2 Å². The molecule has 0 N–H and O–H groups in total. The molecule has 0 saturated carbocycles. The van der Waals surface area contributed by atoms with E-state index in [2.05, 4.69) is 14.5 Å². The molecule has 1 fully saturated rings. The molecule has 2 aromatic rings. The van der Waals surface area contributed by atoms with Gasteiger partial charge >= 0.3 is 0 Å². The minimum Gasteiger partial charge on any atom is -0.481 e. The van der Waals surface area contributed by atoms with Gasteiger partial charge < -0.3 is 9.30 Å². The van der Waals surface area contributed by atoms with Crippen LogP contribution >= 0.6 is 23.4 Å². The number of imidazole rings is 1. The fraction of sp³-hybridized carbons (Fsp3) is 0.538. The Kier molecular flexibility index (Phi) is 3.58. The summed E-state index contributed by atoms with van der Waals surface area (Å²) in [5, 5.41) is -0.120. The van der Waals surface area contributed by atoms with Crippen molar-refractivity contribution in [2.45, 2.75) is 24.8 Å². The number of methoxy groups -OCH3 is 1. The molecule has 19 heavy (non-hydrogen) atoms. The summed E-state index contributed by atoms with van der Waals surface area (Å²) in [5.74, 6) is 3.81. The first-order chi connectivity index (χ1) is 9.20. The molecule has 3 rings (SSSR count). The van der Waals surface area contributed by atoms with Gasteiger partial charge in [0.05, 0.1) is 12.5 Å². The number of pyridine rings is 1. The highest BCUT2D eigenvalue weighted by molar-refractivity contribution is 7.99. The van der Waals surface area contributed by atoms with Crippen LogP contribution in [0, 0.1) is 0 Å². The summed E-state index contributed by atoms with van der Waals surface area (Å²) < 4.78 is 7.42. The predicted molar refractivity (Wildman–Crippen MR) is 79.3 cm³/mol. The summed E-state index contributed by atoms with van der Waals surface area (Å²) in [6.45, 7) is 1.96. The number of alkyl halides is 1. The van der Waals surface area contributed by atoms with Crippen LogP contribution in [0.5, 0.6) is 5.88 Å². The summed E-state index contributed by atoms with van der Waals surface area (Å²) in [6, 6.07) is 4.22. The maximum Gasteiger partial charge on any atom is 0.215 e. The highest BCUT2D eigenvalue weighted by atomic mass is 35.5. The van der Waals surface area contributed by atoms with E-state index in [9.17, 15) is 0 Å². The van der Waals surface area contributed by atoms with Crippen LogP contribution in [0.1, 0.15) is 30.6 Å². The van der Waals surface area contributed by atoms with E-state index in [1.54, 1.807) is 7.11 Å². The third-order valence-electron chi connectivity index (χ3n) is 3.37. The summed E-state index contributed by atoms with van der Waals surface area (Å²) in [7, 11) is 1.63. The van der Waals surface area contributed by atoms with Crippen molar-refractivity contribution in [1.82, 2.24) is 14.5 Å². The van der Waals surface area contributed by atoms with Crippen molar-refractivity contribution >= 4 is 34.5 Å². The zero-order chi connectivity index (χ0) is 13.4. The van der Waals surface area contributed by atoms with Gasteiger partial charge in [0.1, 0.15) is 11.3 Å². The molecule has 6 heteroatoms. The first-order valence-electron chi connectivity index (χ1n) is 6.35. The van der Waals surface area contributed by atoms with Crippen LogP contribution in [-0.2, 0) is 0 Å². The first-order valence-corrected chi connectivity index (χ1v) is 7.94. The van der Waals surface area contributed by atoms with E-state index >= 15 is 0 Å². The second-order valence-corrected chi connectivity index (χ2v) is 6.47. The zero-order valence-electron chi connectivity index (χ0n) is 11.0. The molecule has 1 saturated heterocycles. The van der Waals surface area contributed by atoms with Crippen molar-refractivity contribution in [3.63, 3.8) is 0 Å². The highest BCUT2D eigenvalue weighted by Gasteiger charge is 2.25. The Morgan fingerprint density at radius 3 is 2.95 bits per heavy atom. The van der Waals surface area contributed by atoms with Gasteiger partial charge in [-0.05, 0) is 25.2 Å². The fourth-order valence-electron chi connectivity index (χ4n) is 2.45. The monoisotopic (exact) mass is 297 g/mol. The lowest BCUT2D eigenvalue weighted by Crippen LogP contribution is -2.12. The van der Waals surface area contributed by atoms with E-state index in [-0.39, 0.29) is 5.38 Å². The Bertz CT molecular complexity index is 593. The standard InChI is InChI=1S/C13H16ClN3OS/c1-8(14)12-15-10-3-4-11(18-2)16-13(10)17(12)9-5-6-19-7-9/h3-4,8-9H,5-7H2,1-2H3. The molecule has 1 aliphatic heterocycles. The number of fused-ring (bicyclic) bond motifs is 1. The van der Waals surface area contributed by atoms with Gasteiger partial charge in [0.15, 0.2) is 5.65 Å². The molecular weight excluding hydrogens is 282 g/mol. The van der Waals surface area contributed by atoms with Crippen molar-refractivity contribution in [3.05, 3.63) is 18.0 Å². The van der Waals surface area contributed by atoms with Gasteiger partial charge in [-0.3, -0.25) is 0 Å². The number of halogens is 1. The molecular formula is C13H16ClN3OS. The van der Waals surface area contributed by atoms with Gasteiger partial charge in [-0.25, -0.2) is 4.98 Å². The van der Waals surface area contributed by atoms with Gasteiger partial charge in [0.2, 0.25) is 5.88 Å². The van der Waals surface area contributed by atoms with Crippen LogP contribution in [0.25, 0.3) is 11.2 Å². The van der Waals surface area contributed by atoms with Crippen molar-refractivity contribution < 1.29 is 4.74 Å². The third-order valence-corrected chi connectivity index (χ3v) is 4.71. The largest absolute Gasteiger partial charge is 0.481 e. The highest BCUT2D eigenvalue weighted by Crippen LogP contribution is 2.35. The number of ether oxygens (including phenoxy) is 1. The lowest BCUT2D eigenvalue weighted by molar-refractivity contribution is 0.398. The number of thioether (sulfide) groups is 1. The van der Waals surface area contributed by atoms with Crippen LogP contribution in [0.15, 0.2) is 12.1 Å². The average molecular weight is 298 g/mol. The first kappa shape index (κ1) is 13.1. The van der Waals surface area contributed by atoms with Crippen molar-refractivity contribution in [3.8, 4) is 5.88 Å². The summed E-state index contributed by atoms with van der Waals surface area (Å²) in [4.78, 5) is 9.19. The van der Waals surface area contributed by atoms with Crippen LogP contribution in [0.2, 0.25) is 0 Å². The summed E-state index contributed by atoms with van der Waals surface area (Å²) in [6.07, 6.45) is 1.14. The van der Waals surface area contributed by atoms with Gasteiger partial charge in [-0.2, -0.15) is 16.7 Å². The van der Waals surface area contributed by atoms with E-state index in [0.29, 0.717) is 11.9 Å². The van der Waals surface area contributed by atoms with Crippen LogP contribution in [0.3, 0.4) is 0 Å². The molecule has 2 atom stereocenters. The molecule has 0 spiro atoms. The predicted octanol–water partition coefficient (Wildman–Crippen LogP) is 3.42. The normalized spacial score (nSPS) is 20.9. The van der Waals surface area contributed by atoms with Gasteiger partial charge in [-0.1, -0.05) is 0 Å². The maximum atomic E-state index is 6.28. The van der Waals surface area contributed by atoms with E-state index < -0.39 is 0 Å². The lowest BCUT2D eigenvalue weighted by Gasteiger charge is -2.16. The molecule has 4 nitrogen and oxygen atoms in total. The van der Waals surface area contributed by atoms with Gasteiger partial charge in [0, 0.05) is 17.9 Å². The molecule has 0 aromatic carbocycles. The van der Waals surface area contributed by atoms with Crippen molar-refractivity contribution in [1.29, 1.82) is 0 Å². The molecule has 0 bridgehead atoms. The topological polar surface area (TPSA) is 39.9 Å². The summed E-state index contributed by atoms with van der Waals surface area (Å²) >= 11 is 8.25. The SMILES string of the molecule is COc1ccc2nc(C(C)Cl)n(C3CCSC3)c2n1. The van der Waals surface area contributed by atoms with Crippen molar-refractivity contribution in [2.75, 3.05) is 18.6 Å². The molecule has 1 aliphatic rings. The molecule has 0 aliphatic carbocycles. The third kappa shape index (κ3) is 2.30. The Morgan fingerprint density at radius 2 is 2.32 bits per heavy atom. The molecule has 2 aromatic heterocycles. The van der Waals surface area contributed by atoms with E-state index in [4.69, 9.17) is 16.3 Å². The van der Waals surface area contributed by atoms with Crippen LogP contribution in [0.4, 0.5) is 0 Å². The molecule has 102 valence electrons. The molecule has 0 amide bonds. The van der Waals surface area contributed by atoms with E-state index in [0.717, 1.165) is 29.2 Å². The number of aromatic nitrogens is 3. The Balaban J connectivity index is 2.20. The summed E-state index contributed by atoms with van der Waals surface area (Å²) in [5.41, 5.74) is 1.77. The average Bonchev–Trinajstić information content (AvgIpc) is 3.04. The fourth-order valence-corrected chi connectivity index (χ4v) is 3.80. The second-order valence-electron chi connectivity index (χ2n) is 4.67. The number of nitrogens with zero attached hydrogens (tertiary/aromatic N) is 3. The number of rotatable bonds is 3. The van der Waals surface area contributed by atoms with Gasteiger partial charge in [0.25, 0.3) is 0 Å². The van der Waals surface area contributed by atoms with Crippen LogP contribution < -0.4 is 4.74 Å². The smallest absolute Gasteiger partial charge is 0.215 e. The minimum atomic E-state index is -0.120. The zero-order valence-corrected chi connectivity index (χ0v) is 12.5. The van der Waals surface area contributed by atoms with E-state index in [1.165, 1.54) is 5.75 Å². The number of hydrogen-bond acceptors (Lipinski definition) is 4. The Morgan fingerprint density at radius 1 is 1.47 bits per heavy atom. The second kappa shape index (κ2) is 5.21. The minimum absolute atomic E-state index is 0.120. The lowest BCUT2D eigenvalue weighted by atomic mass is 10.2. The Hall–Kier alpha value is -0.940. The number of hydrogen-bond donors (Lipinski definition) is 0. The molecule has 2 unspecified atom stereocenters. The van der Waals surface area contributed by atoms with Crippen molar-refractivity contribution in [2.24, 2.45) is 0 Å². The Labute approximate surface area is 121 Å². The molecule has 3 heterocycles. The van der Waals surface area contributed by atoms with Gasteiger partial charge in [-0.15, -0.1) is 11.6 Å². The quantitative estimate of drug-likeness (QED) is 0.814. The maximum absolute atomic E-state index is 6.28.